The van der Waals surface area contributed by atoms with Crippen LogP contribution in [-0.4, -0.2) is 16.5 Å². The Labute approximate surface area is 133 Å². The molecule has 0 amide bonds. The summed E-state index contributed by atoms with van der Waals surface area (Å²) in [6.45, 7) is 4.59. The van der Waals surface area contributed by atoms with Gasteiger partial charge in [-0.15, -0.1) is 0 Å². The number of ketones is 1. The second-order valence-corrected chi connectivity index (χ2v) is 9.59. The largest absolute Gasteiger partial charge is 0.390 e. The zero-order chi connectivity index (χ0) is 15.3. The Morgan fingerprint density at radius 2 is 1.95 bits per heavy atom. The lowest BCUT2D eigenvalue weighted by molar-refractivity contribution is -0.149. The highest BCUT2D eigenvalue weighted by molar-refractivity contribution is 5.91. The number of hydrogen-bond acceptors (Lipinski definition) is 2. The number of carbonyl (C=O) groups excluding carboxylic acids is 1. The van der Waals surface area contributed by atoms with Gasteiger partial charge in [-0.1, -0.05) is 12.5 Å². The molecule has 4 fully saturated rings. The SMILES string of the molecule is CC1(O)CC2=CC(=O)CC[C@@H]2[C@H]2CC[C@]3(C)CCC4CC43[C@@H]21. The van der Waals surface area contributed by atoms with Crippen LogP contribution in [0.4, 0.5) is 0 Å². The van der Waals surface area contributed by atoms with Crippen molar-refractivity contribution in [2.75, 3.05) is 0 Å². The van der Waals surface area contributed by atoms with Gasteiger partial charge in [0.15, 0.2) is 5.78 Å². The maximum Gasteiger partial charge on any atom is 0.155 e. The molecule has 0 aliphatic heterocycles. The third-order valence-electron chi connectivity index (χ3n) is 8.61. The van der Waals surface area contributed by atoms with E-state index >= 15 is 0 Å². The normalized spacial score (nSPS) is 59.0. The monoisotopic (exact) mass is 300 g/mol. The first-order valence-corrected chi connectivity index (χ1v) is 9.33. The third kappa shape index (κ3) is 1.44. The van der Waals surface area contributed by atoms with Crippen LogP contribution in [0.3, 0.4) is 0 Å². The second-order valence-electron chi connectivity index (χ2n) is 9.59. The van der Waals surface area contributed by atoms with Crippen molar-refractivity contribution in [3.8, 4) is 0 Å². The quantitative estimate of drug-likeness (QED) is 0.737. The number of aliphatic hydroxyl groups is 1. The van der Waals surface area contributed by atoms with E-state index in [1.165, 1.54) is 37.7 Å². The molecule has 0 radical (unpaired) electrons. The molecular formula is C20H28O2. The van der Waals surface area contributed by atoms with E-state index in [1.807, 2.05) is 6.08 Å². The Kier molecular flexibility index (Phi) is 2.43. The van der Waals surface area contributed by atoms with Gasteiger partial charge in [-0.2, -0.15) is 0 Å². The molecule has 0 aromatic carbocycles. The smallest absolute Gasteiger partial charge is 0.155 e. The van der Waals surface area contributed by atoms with Gasteiger partial charge in [0.05, 0.1) is 5.60 Å². The summed E-state index contributed by atoms with van der Waals surface area (Å²) in [4.78, 5) is 11.8. The fourth-order valence-electron chi connectivity index (χ4n) is 7.83. The van der Waals surface area contributed by atoms with Gasteiger partial charge in [0, 0.05) is 6.42 Å². The minimum atomic E-state index is -0.606. The van der Waals surface area contributed by atoms with E-state index < -0.39 is 5.60 Å². The molecule has 4 saturated carbocycles. The van der Waals surface area contributed by atoms with Gasteiger partial charge >= 0.3 is 0 Å². The summed E-state index contributed by atoms with van der Waals surface area (Å²) >= 11 is 0. The van der Waals surface area contributed by atoms with Crippen molar-refractivity contribution in [3.63, 3.8) is 0 Å². The summed E-state index contributed by atoms with van der Waals surface area (Å²) in [7, 11) is 0. The van der Waals surface area contributed by atoms with Crippen LogP contribution in [-0.2, 0) is 4.79 Å². The Bertz CT molecular complexity index is 589. The maximum absolute atomic E-state index is 11.8. The topological polar surface area (TPSA) is 37.3 Å². The summed E-state index contributed by atoms with van der Waals surface area (Å²) in [5.74, 6) is 2.85. The zero-order valence-corrected chi connectivity index (χ0v) is 13.9. The van der Waals surface area contributed by atoms with Gasteiger partial charge in [-0.25, -0.2) is 0 Å². The van der Waals surface area contributed by atoms with Crippen LogP contribution in [0, 0.1) is 34.5 Å². The number of carbonyl (C=O) groups is 1. The molecule has 3 unspecified atom stereocenters. The minimum Gasteiger partial charge on any atom is -0.390 e. The summed E-state index contributed by atoms with van der Waals surface area (Å²) in [5.41, 5.74) is 1.59. The summed E-state index contributed by atoms with van der Waals surface area (Å²) in [6.07, 6.45) is 11.2. The van der Waals surface area contributed by atoms with Gasteiger partial charge in [0.25, 0.3) is 0 Å². The summed E-state index contributed by atoms with van der Waals surface area (Å²) < 4.78 is 0. The highest BCUT2D eigenvalue weighted by Gasteiger charge is 2.77. The van der Waals surface area contributed by atoms with Crippen molar-refractivity contribution in [2.45, 2.75) is 70.8 Å². The Balaban J connectivity index is 1.61. The van der Waals surface area contributed by atoms with Crippen molar-refractivity contribution < 1.29 is 9.90 Å². The van der Waals surface area contributed by atoms with Crippen LogP contribution in [0.15, 0.2) is 11.6 Å². The molecule has 1 N–H and O–H groups in total. The van der Waals surface area contributed by atoms with Crippen LogP contribution in [0.1, 0.15) is 65.2 Å². The van der Waals surface area contributed by atoms with E-state index in [0.29, 0.717) is 28.6 Å². The van der Waals surface area contributed by atoms with Gasteiger partial charge in [0.1, 0.15) is 0 Å². The first-order chi connectivity index (χ1) is 10.4. The second kappa shape index (κ2) is 3.88. The molecular weight excluding hydrogens is 272 g/mol. The van der Waals surface area contributed by atoms with Gasteiger partial charge in [-0.3, -0.25) is 4.79 Å². The molecule has 0 aromatic heterocycles. The number of fused-ring (bicyclic) bond motifs is 3. The van der Waals surface area contributed by atoms with E-state index in [9.17, 15) is 9.90 Å². The van der Waals surface area contributed by atoms with E-state index in [1.54, 1.807) is 0 Å². The highest BCUT2D eigenvalue weighted by Crippen LogP contribution is 2.82. The lowest BCUT2D eigenvalue weighted by Crippen LogP contribution is -2.58. The van der Waals surface area contributed by atoms with Crippen LogP contribution in [0.2, 0.25) is 0 Å². The van der Waals surface area contributed by atoms with E-state index in [0.717, 1.165) is 25.2 Å². The zero-order valence-electron chi connectivity index (χ0n) is 13.9. The third-order valence-corrected chi connectivity index (χ3v) is 8.61. The van der Waals surface area contributed by atoms with Gasteiger partial charge in [-0.05, 0) is 92.4 Å². The predicted molar refractivity (Wildman–Crippen MR) is 85.1 cm³/mol. The van der Waals surface area contributed by atoms with Crippen molar-refractivity contribution in [2.24, 2.45) is 34.5 Å². The summed E-state index contributed by atoms with van der Waals surface area (Å²) in [6, 6.07) is 0. The molecule has 5 rings (SSSR count). The fraction of sp³-hybridized carbons (Fsp3) is 0.850. The van der Waals surface area contributed by atoms with Crippen LogP contribution < -0.4 is 0 Å². The van der Waals surface area contributed by atoms with Crippen molar-refractivity contribution in [1.82, 2.24) is 0 Å². The van der Waals surface area contributed by atoms with Gasteiger partial charge in [0.2, 0.25) is 0 Å². The Morgan fingerprint density at radius 3 is 2.73 bits per heavy atom. The van der Waals surface area contributed by atoms with Gasteiger partial charge < -0.3 is 5.11 Å². The molecule has 1 spiro atoms. The minimum absolute atomic E-state index is 0.282. The van der Waals surface area contributed by atoms with Crippen molar-refractivity contribution >= 4 is 5.78 Å². The molecule has 0 saturated heterocycles. The average Bonchev–Trinajstić information content (AvgIpc) is 3.08. The first kappa shape index (κ1) is 13.8. The van der Waals surface area contributed by atoms with Crippen LogP contribution in [0.25, 0.3) is 0 Å². The maximum atomic E-state index is 11.8. The Morgan fingerprint density at radius 1 is 1.18 bits per heavy atom. The molecule has 2 heteroatoms. The molecule has 5 aliphatic carbocycles. The number of hydrogen-bond donors (Lipinski definition) is 1. The lowest BCUT2D eigenvalue weighted by atomic mass is 9.46. The molecule has 2 nitrogen and oxygen atoms in total. The predicted octanol–water partition coefficient (Wildman–Crippen LogP) is 3.88. The molecule has 0 heterocycles. The van der Waals surface area contributed by atoms with Crippen molar-refractivity contribution in [1.29, 1.82) is 0 Å². The molecule has 22 heavy (non-hydrogen) atoms. The number of rotatable bonds is 0. The fourth-order valence-corrected chi connectivity index (χ4v) is 7.83. The van der Waals surface area contributed by atoms with Crippen LogP contribution in [0.5, 0.6) is 0 Å². The summed E-state index contributed by atoms with van der Waals surface area (Å²) in [5, 5.41) is 11.4. The molecule has 120 valence electrons. The molecule has 0 aromatic rings. The molecule has 5 aliphatic rings. The Hall–Kier alpha value is -0.630. The van der Waals surface area contributed by atoms with E-state index in [-0.39, 0.29) is 5.78 Å². The van der Waals surface area contributed by atoms with E-state index in [2.05, 4.69) is 13.8 Å². The van der Waals surface area contributed by atoms with Crippen molar-refractivity contribution in [3.05, 3.63) is 11.6 Å². The van der Waals surface area contributed by atoms with Crippen LogP contribution >= 0.6 is 0 Å². The highest BCUT2D eigenvalue weighted by atomic mass is 16.3. The average molecular weight is 300 g/mol. The molecule has 0 bridgehead atoms. The molecule has 7 atom stereocenters. The van der Waals surface area contributed by atoms with E-state index in [4.69, 9.17) is 0 Å². The standard InChI is InChI=1S/C20H28O2/c1-18-7-5-13-11-20(13,18)17-16(6-8-18)15-4-3-14(21)9-12(15)10-19(17,2)22/h9,13,15-17,22H,3-8,10-11H2,1-2H3/t13?,15-,16+,17-,18-,19?,20?/m0/s1. The first-order valence-electron chi connectivity index (χ1n) is 9.33. The lowest BCUT2D eigenvalue weighted by Gasteiger charge is -2.59.